The highest BCUT2D eigenvalue weighted by molar-refractivity contribution is 8.18. The molecule has 2 aliphatic rings. The second-order valence-corrected chi connectivity index (χ2v) is 9.53. The first-order chi connectivity index (χ1) is 16.0. The van der Waals surface area contributed by atoms with Crippen LogP contribution in [-0.2, 0) is 4.79 Å². The molecule has 8 heteroatoms. The lowest BCUT2D eigenvalue weighted by Gasteiger charge is -2.38. The van der Waals surface area contributed by atoms with E-state index in [0.29, 0.717) is 10.9 Å². The maximum Gasteiger partial charge on any atom is 0.290 e. The Hall–Kier alpha value is -3.23. The van der Waals surface area contributed by atoms with E-state index in [0.717, 1.165) is 65.7 Å². The van der Waals surface area contributed by atoms with Crippen molar-refractivity contribution in [3.8, 4) is 11.3 Å². The van der Waals surface area contributed by atoms with Gasteiger partial charge in [-0.2, -0.15) is 0 Å². The lowest BCUT2D eigenvalue weighted by atomic mass is 10.0. The van der Waals surface area contributed by atoms with Crippen molar-refractivity contribution in [2.75, 3.05) is 31.1 Å². The summed E-state index contributed by atoms with van der Waals surface area (Å²) in [4.78, 5) is 37.6. The van der Waals surface area contributed by atoms with Gasteiger partial charge in [-0.15, -0.1) is 0 Å². The molecule has 33 heavy (non-hydrogen) atoms. The molecule has 2 aromatic carbocycles. The fourth-order valence-electron chi connectivity index (χ4n) is 4.29. The molecule has 0 spiro atoms. The number of carbonyl (C=O) groups is 2. The van der Waals surface area contributed by atoms with E-state index >= 15 is 0 Å². The largest absolute Gasteiger partial charge is 0.369 e. The minimum atomic E-state index is -0.362. The number of nitrogens with one attached hydrogen (secondary N) is 1. The number of anilines is 1. The number of hydrogen-bond donors (Lipinski definition) is 1. The van der Waals surface area contributed by atoms with E-state index in [1.807, 2.05) is 18.2 Å². The number of thioether (sulfide) groups is 1. The van der Waals surface area contributed by atoms with Crippen molar-refractivity contribution in [2.24, 2.45) is 0 Å². The van der Waals surface area contributed by atoms with Crippen molar-refractivity contribution in [1.29, 1.82) is 0 Å². The van der Waals surface area contributed by atoms with Crippen molar-refractivity contribution in [3.63, 3.8) is 0 Å². The molecule has 5 rings (SSSR count). The van der Waals surface area contributed by atoms with Crippen LogP contribution in [0.4, 0.5) is 10.5 Å². The molecule has 168 valence electrons. The standard InChI is InChI=1S/C25H25N5O2S/c1-16(2)29-9-11-30(12-10-29)19-6-4-18(5-7-19)23-20-13-17(3-8-21(20)26-15-27-23)14-22-24(31)28-25(32)33-22/h3-8,13-16H,9-12H2,1-2H3,(H,28,31,32). The van der Waals surface area contributed by atoms with Crippen LogP contribution in [-0.4, -0.2) is 58.2 Å². The van der Waals surface area contributed by atoms with Gasteiger partial charge in [0.15, 0.2) is 0 Å². The molecule has 0 bridgehead atoms. The van der Waals surface area contributed by atoms with E-state index in [4.69, 9.17) is 0 Å². The van der Waals surface area contributed by atoms with Crippen molar-refractivity contribution in [1.82, 2.24) is 20.2 Å². The van der Waals surface area contributed by atoms with E-state index in [1.165, 1.54) is 5.69 Å². The van der Waals surface area contributed by atoms with Crippen LogP contribution in [0.2, 0.25) is 0 Å². The summed E-state index contributed by atoms with van der Waals surface area (Å²) in [6.45, 7) is 8.71. The quantitative estimate of drug-likeness (QED) is 0.587. The van der Waals surface area contributed by atoms with Gasteiger partial charge in [0.25, 0.3) is 11.1 Å². The second kappa shape index (κ2) is 8.96. The topological polar surface area (TPSA) is 78.4 Å². The fraction of sp³-hybridized carbons (Fsp3) is 0.280. The smallest absolute Gasteiger partial charge is 0.290 e. The second-order valence-electron chi connectivity index (χ2n) is 8.51. The van der Waals surface area contributed by atoms with Crippen LogP contribution in [0.3, 0.4) is 0 Å². The molecule has 2 aliphatic heterocycles. The van der Waals surface area contributed by atoms with Crippen molar-refractivity contribution in [3.05, 3.63) is 59.3 Å². The number of piperazine rings is 1. The van der Waals surface area contributed by atoms with Gasteiger partial charge < -0.3 is 4.90 Å². The van der Waals surface area contributed by atoms with Gasteiger partial charge in [0.1, 0.15) is 6.33 Å². The van der Waals surface area contributed by atoms with Gasteiger partial charge in [0, 0.05) is 48.9 Å². The van der Waals surface area contributed by atoms with Crippen LogP contribution in [0.1, 0.15) is 19.4 Å². The molecule has 0 atom stereocenters. The number of amides is 2. The van der Waals surface area contributed by atoms with Gasteiger partial charge in [-0.25, -0.2) is 9.97 Å². The summed E-state index contributed by atoms with van der Waals surface area (Å²) in [7, 11) is 0. The first kappa shape index (κ1) is 21.6. The van der Waals surface area contributed by atoms with E-state index in [2.05, 4.69) is 63.2 Å². The maximum absolute atomic E-state index is 11.9. The number of benzene rings is 2. The molecule has 0 unspecified atom stereocenters. The number of rotatable bonds is 4. The maximum atomic E-state index is 11.9. The zero-order valence-electron chi connectivity index (χ0n) is 18.6. The summed E-state index contributed by atoms with van der Waals surface area (Å²) in [6.07, 6.45) is 3.30. The lowest BCUT2D eigenvalue weighted by Crippen LogP contribution is -2.48. The molecule has 2 amide bonds. The third-order valence-corrected chi connectivity index (χ3v) is 6.96. The summed E-state index contributed by atoms with van der Waals surface area (Å²) in [5.74, 6) is -0.362. The highest BCUT2D eigenvalue weighted by atomic mass is 32.2. The van der Waals surface area contributed by atoms with E-state index in [9.17, 15) is 9.59 Å². The molecule has 7 nitrogen and oxygen atoms in total. The molecule has 1 N–H and O–H groups in total. The number of aromatic nitrogens is 2. The van der Waals surface area contributed by atoms with Crippen LogP contribution >= 0.6 is 11.8 Å². The van der Waals surface area contributed by atoms with Gasteiger partial charge in [0.2, 0.25) is 0 Å². The summed E-state index contributed by atoms with van der Waals surface area (Å²) >= 11 is 0.914. The highest BCUT2D eigenvalue weighted by Crippen LogP contribution is 2.30. The molecule has 0 radical (unpaired) electrons. The minimum absolute atomic E-state index is 0.346. The van der Waals surface area contributed by atoms with E-state index in [-0.39, 0.29) is 11.1 Å². The van der Waals surface area contributed by atoms with Crippen LogP contribution in [0.15, 0.2) is 53.7 Å². The average molecular weight is 460 g/mol. The predicted octanol–water partition coefficient (Wildman–Crippen LogP) is 4.15. The Morgan fingerprint density at radius 1 is 1.00 bits per heavy atom. The van der Waals surface area contributed by atoms with Crippen molar-refractivity contribution >= 4 is 45.6 Å². The fourth-order valence-corrected chi connectivity index (χ4v) is 4.98. The molecule has 3 heterocycles. The van der Waals surface area contributed by atoms with Crippen molar-refractivity contribution in [2.45, 2.75) is 19.9 Å². The normalized spacial score (nSPS) is 18.5. The van der Waals surface area contributed by atoms with E-state index < -0.39 is 0 Å². The van der Waals surface area contributed by atoms with E-state index in [1.54, 1.807) is 12.4 Å². The number of fused-ring (bicyclic) bond motifs is 1. The molecular formula is C25H25N5O2S. The molecule has 2 fully saturated rings. The molecule has 0 saturated carbocycles. The Morgan fingerprint density at radius 2 is 1.76 bits per heavy atom. The first-order valence-corrected chi connectivity index (χ1v) is 11.9. The average Bonchev–Trinajstić information content (AvgIpc) is 3.15. The molecule has 2 saturated heterocycles. The molecular weight excluding hydrogens is 434 g/mol. The van der Waals surface area contributed by atoms with Gasteiger partial charge >= 0.3 is 0 Å². The Morgan fingerprint density at radius 3 is 2.42 bits per heavy atom. The van der Waals surface area contributed by atoms with Crippen LogP contribution in [0, 0.1) is 0 Å². The monoisotopic (exact) mass is 459 g/mol. The van der Waals surface area contributed by atoms with Crippen LogP contribution < -0.4 is 10.2 Å². The Kier molecular flexibility index (Phi) is 5.86. The number of carbonyl (C=O) groups excluding carboxylic acids is 2. The lowest BCUT2D eigenvalue weighted by molar-refractivity contribution is -0.115. The SMILES string of the molecule is CC(C)N1CCN(c2ccc(-c3ncnc4ccc(C=C5SC(=O)NC5=O)cc34)cc2)CC1. The summed E-state index contributed by atoms with van der Waals surface area (Å²) in [5.41, 5.74) is 4.73. The summed E-state index contributed by atoms with van der Waals surface area (Å²) in [5, 5.41) is 2.84. The van der Waals surface area contributed by atoms with Crippen molar-refractivity contribution < 1.29 is 9.59 Å². The molecule has 1 aromatic heterocycles. The van der Waals surface area contributed by atoms with Gasteiger partial charge in [0.05, 0.1) is 16.1 Å². The zero-order valence-corrected chi connectivity index (χ0v) is 19.4. The summed E-state index contributed by atoms with van der Waals surface area (Å²) in [6, 6.07) is 14.9. The van der Waals surface area contributed by atoms with Gasteiger partial charge in [-0.1, -0.05) is 18.2 Å². The predicted molar refractivity (Wildman–Crippen MR) is 133 cm³/mol. The number of nitrogens with zero attached hydrogens (tertiary/aromatic N) is 4. The van der Waals surface area contributed by atoms with Crippen LogP contribution in [0.5, 0.6) is 0 Å². The summed E-state index contributed by atoms with van der Waals surface area (Å²) < 4.78 is 0. The number of hydrogen-bond acceptors (Lipinski definition) is 7. The highest BCUT2D eigenvalue weighted by Gasteiger charge is 2.25. The molecule has 0 aliphatic carbocycles. The Balaban J connectivity index is 1.42. The molecule has 3 aromatic rings. The zero-order chi connectivity index (χ0) is 22.9. The van der Waals surface area contributed by atoms with Gasteiger partial charge in [-0.3, -0.25) is 19.8 Å². The Bertz CT molecular complexity index is 1250. The third kappa shape index (κ3) is 4.49. The third-order valence-electron chi connectivity index (χ3n) is 6.15. The minimum Gasteiger partial charge on any atom is -0.369 e. The van der Waals surface area contributed by atoms with Crippen LogP contribution in [0.25, 0.3) is 28.2 Å². The Labute approximate surface area is 196 Å². The first-order valence-electron chi connectivity index (χ1n) is 11.1. The van der Waals surface area contributed by atoms with Gasteiger partial charge in [-0.05, 0) is 61.5 Å². The number of imide groups is 1.